The Balaban J connectivity index is 1.83. The molecule has 2 aliphatic rings. The highest BCUT2D eigenvalue weighted by Gasteiger charge is 2.51. The maximum atomic E-state index is 12.7. The van der Waals surface area contributed by atoms with Gasteiger partial charge in [0.2, 0.25) is 11.8 Å². The molecule has 0 radical (unpaired) electrons. The van der Waals surface area contributed by atoms with Gasteiger partial charge in [-0.05, 0) is 25.7 Å². The number of aromatic nitrogens is 1. The number of amides is 2. The summed E-state index contributed by atoms with van der Waals surface area (Å²) in [6.07, 6.45) is 4.22. The van der Waals surface area contributed by atoms with E-state index in [1.807, 2.05) is 6.92 Å². The van der Waals surface area contributed by atoms with Crippen LogP contribution in [-0.4, -0.2) is 33.8 Å². The molecule has 2 amide bonds. The third-order valence-corrected chi connectivity index (χ3v) is 4.73. The van der Waals surface area contributed by atoms with Gasteiger partial charge in [-0.2, -0.15) is 0 Å². The van der Waals surface area contributed by atoms with E-state index < -0.39 is 5.54 Å². The van der Waals surface area contributed by atoms with Crippen LogP contribution in [0.15, 0.2) is 11.7 Å². The molecule has 1 saturated carbocycles. The summed E-state index contributed by atoms with van der Waals surface area (Å²) in [4.78, 5) is 31.4. The number of hydrogen-bond donors (Lipinski definition) is 1. The molecule has 1 atom stereocenters. The fraction of sp³-hybridized carbons (Fsp3) is 0.615. The Morgan fingerprint density at radius 2 is 2.32 bits per heavy atom. The van der Waals surface area contributed by atoms with Gasteiger partial charge >= 0.3 is 0 Å². The van der Waals surface area contributed by atoms with Crippen LogP contribution in [0.5, 0.6) is 0 Å². The second kappa shape index (κ2) is 4.59. The first-order valence-electron chi connectivity index (χ1n) is 6.57. The van der Waals surface area contributed by atoms with E-state index in [2.05, 4.69) is 10.3 Å². The summed E-state index contributed by atoms with van der Waals surface area (Å²) in [5.74, 6) is 0.329. The molecule has 0 aromatic carbocycles. The van der Waals surface area contributed by atoms with Crippen LogP contribution in [0.25, 0.3) is 0 Å². The zero-order valence-electron chi connectivity index (χ0n) is 10.9. The van der Waals surface area contributed by atoms with Gasteiger partial charge in [0, 0.05) is 24.0 Å². The predicted octanol–water partition coefficient (Wildman–Crippen LogP) is 1.16. The SMILES string of the molecule is CC1(C2CC2)NC(=O)CCN(Cc2cncs2)C1=O. The van der Waals surface area contributed by atoms with Crippen molar-refractivity contribution < 1.29 is 9.59 Å². The molecule has 102 valence electrons. The summed E-state index contributed by atoms with van der Waals surface area (Å²) in [5.41, 5.74) is 1.05. The van der Waals surface area contributed by atoms with Crippen molar-refractivity contribution in [1.82, 2.24) is 15.2 Å². The standard InChI is InChI=1S/C13H17N3O2S/c1-13(9-2-3-9)12(18)16(5-4-11(17)15-13)7-10-6-14-8-19-10/h6,8-9H,2-5,7H2,1H3,(H,15,17). The van der Waals surface area contributed by atoms with Crippen molar-refractivity contribution in [2.45, 2.75) is 38.3 Å². The molecule has 6 heteroatoms. The topological polar surface area (TPSA) is 62.3 Å². The van der Waals surface area contributed by atoms with Gasteiger partial charge in [-0.15, -0.1) is 11.3 Å². The molecule has 0 bridgehead atoms. The maximum Gasteiger partial charge on any atom is 0.248 e. The van der Waals surface area contributed by atoms with Crippen molar-refractivity contribution >= 4 is 23.2 Å². The van der Waals surface area contributed by atoms with Crippen LogP contribution in [0.3, 0.4) is 0 Å². The van der Waals surface area contributed by atoms with Crippen LogP contribution in [0, 0.1) is 5.92 Å². The smallest absolute Gasteiger partial charge is 0.248 e. The molecular formula is C13H17N3O2S. The zero-order valence-corrected chi connectivity index (χ0v) is 11.7. The van der Waals surface area contributed by atoms with Gasteiger partial charge in [-0.25, -0.2) is 0 Å². The Labute approximate surface area is 116 Å². The number of carbonyl (C=O) groups is 2. The lowest BCUT2D eigenvalue weighted by Crippen LogP contribution is -2.56. The Morgan fingerprint density at radius 3 is 2.95 bits per heavy atom. The molecule has 2 heterocycles. The van der Waals surface area contributed by atoms with Crippen molar-refractivity contribution in [2.75, 3.05) is 6.54 Å². The van der Waals surface area contributed by atoms with Gasteiger partial charge < -0.3 is 10.2 Å². The van der Waals surface area contributed by atoms with Gasteiger partial charge in [0.25, 0.3) is 0 Å². The summed E-state index contributed by atoms with van der Waals surface area (Å²) in [6, 6.07) is 0. The Kier molecular flexibility index (Phi) is 3.05. The minimum atomic E-state index is -0.710. The summed E-state index contributed by atoms with van der Waals surface area (Å²) < 4.78 is 0. The van der Waals surface area contributed by atoms with Crippen LogP contribution >= 0.6 is 11.3 Å². The first-order chi connectivity index (χ1) is 9.09. The van der Waals surface area contributed by atoms with Gasteiger partial charge in [-0.3, -0.25) is 14.6 Å². The molecule has 1 aliphatic heterocycles. The van der Waals surface area contributed by atoms with Crippen molar-refractivity contribution in [3.8, 4) is 0 Å². The van der Waals surface area contributed by atoms with E-state index in [-0.39, 0.29) is 11.8 Å². The molecule has 1 aromatic rings. The molecule has 1 saturated heterocycles. The number of rotatable bonds is 3. The van der Waals surface area contributed by atoms with Gasteiger partial charge in [0.1, 0.15) is 5.54 Å². The highest BCUT2D eigenvalue weighted by Crippen LogP contribution is 2.41. The minimum Gasteiger partial charge on any atom is -0.342 e. The van der Waals surface area contributed by atoms with Gasteiger partial charge in [0.05, 0.1) is 12.1 Å². The first-order valence-corrected chi connectivity index (χ1v) is 7.45. The number of carbonyl (C=O) groups excluding carboxylic acids is 2. The highest BCUT2D eigenvalue weighted by molar-refractivity contribution is 7.09. The molecule has 1 aliphatic carbocycles. The average molecular weight is 279 g/mol. The van der Waals surface area contributed by atoms with Crippen molar-refractivity contribution in [1.29, 1.82) is 0 Å². The van der Waals surface area contributed by atoms with Crippen LogP contribution in [0.1, 0.15) is 31.1 Å². The maximum absolute atomic E-state index is 12.7. The Morgan fingerprint density at radius 1 is 1.53 bits per heavy atom. The lowest BCUT2D eigenvalue weighted by atomic mass is 9.94. The third kappa shape index (κ3) is 2.36. The Hall–Kier alpha value is -1.43. The Bertz CT molecular complexity index is 498. The second-order valence-electron chi connectivity index (χ2n) is 5.47. The normalized spacial score (nSPS) is 28.2. The highest BCUT2D eigenvalue weighted by atomic mass is 32.1. The molecule has 5 nitrogen and oxygen atoms in total. The summed E-state index contributed by atoms with van der Waals surface area (Å²) in [6.45, 7) is 2.92. The molecule has 19 heavy (non-hydrogen) atoms. The summed E-state index contributed by atoms with van der Waals surface area (Å²) >= 11 is 1.54. The van der Waals surface area contributed by atoms with Gasteiger partial charge in [0.15, 0.2) is 0 Å². The van der Waals surface area contributed by atoms with Crippen LogP contribution in [0.4, 0.5) is 0 Å². The van der Waals surface area contributed by atoms with Crippen molar-refractivity contribution in [3.63, 3.8) is 0 Å². The van der Waals surface area contributed by atoms with E-state index in [4.69, 9.17) is 0 Å². The number of hydrogen-bond acceptors (Lipinski definition) is 4. The fourth-order valence-corrected chi connectivity index (χ4v) is 3.28. The van der Waals surface area contributed by atoms with E-state index in [9.17, 15) is 9.59 Å². The van der Waals surface area contributed by atoms with E-state index in [0.717, 1.165) is 17.7 Å². The number of thiazole rings is 1. The summed E-state index contributed by atoms with van der Waals surface area (Å²) in [7, 11) is 0. The molecule has 2 fully saturated rings. The first kappa shape index (κ1) is 12.6. The minimum absolute atomic E-state index is 0.0189. The van der Waals surface area contributed by atoms with Crippen LogP contribution in [-0.2, 0) is 16.1 Å². The molecule has 3 rings (SSSR count). The number of nitrogens with zero attached hydrogens (tertiary/aromatic N) is 2. The van der Waals surface area contributed by atoms with Gasteiger partial charge in [-0.1, -0.05) is 0 Å². The lowest BCUT2D eigenvalue weighted by Gasteiger charge is -2.32. The zero-order chi connectivity index (χ0) is 13.5. The van der Waals surface area contributed by atoms with E-state index in [1.165, 1.54) is 0 Å². The largest absolute Gasteiger partial charge is 0.342 e. The molecule has 1 aromatic heterocycles. The monoisotopic (exact) mass is 279 g/mol. The van der Waals surface area contributed by atoms with Crippen molar-refractivity contribution in [2.24, 2.45) is 5.92 Å². The molecule has 1 N–H and O–H groups in total. The van der Waals surface area contributed by atoms with Crippen LogP contribution < -0.4 is 5.32 Å². The third-order valence-electron chi connectivity index (χ3n) is 3.96. The predicted molar refractivity (Wildman–Crippen MR) is 71.4 cm³/mol. The van der Waals surface area contributed by atoms with Crippen LogP contribution in [0.2, 0.25) is 0 Å². The van der Waals surface area contributed by atoms with E-state index >= 15 is 0 Å². The summed E-state index contributed by atoms with van der Waals surface area (Å²) in [5, 5.41) is 2.93. The van der Waals surface area contributed by atoms with E-state index in [0.29, 0.717) is 25.4 Å². The second-order valence-corrected chi connectivity index (χ2v) is 6.44. The lowest BCUT2D eigenvalue weighted by molar-refractivity contribution is -0.139. The molecule has 1 unspecified atom stereocenters. The molecular weight excluding hydrogens is 262 g/mol. The van der Waals surface area contributed by atoms with Crippen molar-refractivity contribution in [3.05, 3.63) is 16.6 Å². The fourth-order valence-electron chi connectivity index (χ4n) is 2.67. The van der Waals surface area contributed by atoms with E-state index in [1.54, 1.807) is 27.9 Å². The number of nitrogens with one attached hydrogen (secondary N) is 1. The quantitative estimate of drug-likeness (QED) is 0.903. The molecule has 0 spiro atoms. The average Bonchev–Trinajstić information content (AvgIpc) is 3.13.